The number of aromatic nitrogens is 1. The molecule has 0 saturated heterocycles. The maximum Gasteiger partial charge on any atom is 0.372 e. The van der Waals surface area contributed by atoms with E-state index in [-0.39, 0.29) is 11.5 Å². The molecule has 0 radical (unpaired) electrons. The lowest BCUT2D eigenvalue weighted by Gasteiger charge is -2.26. The fourth-order valence-corrected chi connectivity index (χ4v) is 6.64. The Bertz CT molecular complexity index is 1290. The Morgan fingerprint density at radius 2 is 1.48 bits per heavy atom. The molecule has 1 heterocycles. The number of phosphoric ester groups is 1. The third kappa shape index (κ3) is 11.7. The van der Waals surface area contributed by atoms with Crippen LogP contribution in [0.2, 0.25) is 0 Å². The zero-order valence-electron chi connectivity index (χ0n) is 26.3. The predicted octanol–water partition coefficient (Wildman–Crippen LogP) is 9.32. The Kier molecular flexibility index (Phi) is 14.4. The van der Waals surface area contributed by atoms with E-state index in [4.69, 9.17) is 13.8 Å². The Morgan fingerprint density at radius 1 is 0.833 bits per heavy atom. The van der Waals surface area contributed by atoms with E-state index >= 15 is 0 Å². The minimum atomic E-state index is -4.66. The van der Waals surface area contributed by atoms with Crippen molar-refractivity contribution in [2.75, 3.05) is 6.61 Å². The first-order valence-corrected chi connectivity index (χ1v) is 18.0. The second-order valence-corrected chi connectivity index (χ2v) is 13.8. The van der Waals surface area contributed by atoms with Crippen LogP contribution in [0.15, 0.2) is 42.0 Å². The van der Waals surface area contributed by atoms with Gasteiger partial charge in [0.15, 0.2) is 12.7 Å². The lowest BCUT2D eigenvalue weighted by molar-refractivity contribution is -0.683. The fourth-order valence-electron chi connectivity index (χ4n) is 5.16. The van der Waals surface area contributed by atoms with E-state index < -0.39 is 7.82 Å². The van der Waals surface area contributed by atoms with Gasteiger partial charge in [-0.2, -0.15) is 4.57 Å². The van der Waals surface area contributed by atoms with Gasteiger partial charge in [0.2, 0.25) is 5.51 Å². The molecule has 3 aromatic rings. The molecule has 0 amide bonds. The van der Waals surface area contributed by atoms with Crippen molar-refractivity contribution in [3.05, 3.63) is 69.2 Å². The van der Waals surface area contributed by atoms with Crippen molar-refractivity contribution in [3.8, 4) is 17.2 Å². The van der Waals surface area contributed by atoms with Gasteiger partial charge in [-0.15, -0.1) is 0 Å². The number of unbranched alkanes of at least 4 members (excludes halogenated alkanes) is 11. The highest BCUT2D eigenvalue weighted by atomic mass is 32.1. The van der Waals surface area contributed by atoms with Gasteiger partial charge in [0.25, 0.3) is 0 Å². The van der Waals surface area contributed by atoms with Crippen LogP contribution >= 0.6 is 19.2 Å². The summed E-state index contributed by atoms with van der Waals surface area (Å²) < 4.78 is 31.9. The Hall–Kier alpha value is -2.34. The molecule has 1 aromatic heterocycles. The Morgan fingerprint density at radius 3 is 2.10 bits per heavy atom. The van der Waals surface area contributed by atoms with Crippen LogP contribution in [0.5, 0.6) is 17.2 Å². The van der Waals surface area contributed by atoms with Crippen molar-refractivity contribution in [1.29, 1.82) is 0 Å². The molecule has 0 aliphatic carbocycles. The zero-order chi connectivity index (χ0) is 30.4. The average molecular weight is 616 g/mol. The van der Waals surface area contributed by atoms with Crippen LogP contribution in [0.3, 0.4) is 0 Å². The van der Waals surface area contributed by atoms with Gasteiger partial charge in [0.1, 0.15) is 17.2 Å². The lowest BCUT2D eigenvalue weighted by atomic mass is 10.0. The molecule has 0 aliphatic rings. The molecule has 3 rings (SSSR count). The largest absolute Gasteiger partial charge is 0.736 e. The van der Waals surface area contributed by atoms with Gasteiger partial charge in [-0.1, -0.05) is 101 Å². The summed E-state index contributed by atoms with van der Waals surface area (Å²) in [6.07, 6.45) is 17.7. The van der Waals surface area contributed by atoms with Crippen molar-refractivity contribution in [3.63, 3.8) is 0 Å². The molecular weight excluding hydrogens is 565 g/mol. The molecule has 0 aliphatic heterocycles. The first-order chi connectivity index (χ1) is 20.2. The van der Waals surface area contributed by atoms with E-state index in [0.29, 0.717) is 13.2 Å². The highest BCUT2D eigenvalue weighted by Crippen LogP contribution is 2.44. The smallest absolute Gasteiger partial charge is 0.372 e. The number of nitrogens with zero attached hydrogens (tertiary/aromatic N) is 1. The number of ether oxygens (including phenoxy) is 1. The third-order valence-electron chi connectivity index (χ3n) is 7.64. The van der Waals surface area contributed by atoms with Crippen molar-refractivity contribution in [1.82, 2.24) is 0 Å². The number of aryl methyl sites for hydroxylation is 2. The van der Waals surface area contributed by atoms with Crippen LogP contribution in [0.1, 0.15) is 111 Å². The van der Waals surface area contributed by atoms with Crippen LogP contribution in [0, 0.1) is 27.7 Å². The number of thiazole rings is 1. The molecule has 0 bridgehead atoms. The van der Waals surface area contributed by atoms with E-state index in [2.05, 4.69) is 24.6 Å². The third-order valence-corrected chi connectivity index (χ3v) is 9.34. The van der Waals surface area contributed by atoms with Gasteiger partial charge in [-0.25, -0.2) is 4.57 Å². The summed E-state index contributed by atoms with van der Waals surface area (Å²) >= 11 is 1.66. The molecule has 1 atom stereocenters. The minimum absolute atomic E-state index is 0.229. The van der Waals surface area contributed by atoms with Gasteiger partial charge in [-0.05, 0) is 69.0 Å². The second kappa shape index (κ2) is 17.7. The van der Waals surface area contributed by atoms with Gasteiger partial charge in [0.05, 0.1) is 11.5 Å². The van der Waals surface area contributed by atoms with Crippen LogP contribution < -0.4 is 23.2 Å². The lowest BCUT2D eigenvalue weighted by Crippen LogP contribution is -2.30. The summed E-state index contributed by atoms with van der Waals surface area (Å²) in [5.74, 6) is 1.30. The Labute approximate surface area is 257 Å². The first kappa shape index (κ1) is 34.2. The molecule has 232 valence electrons. The molecule has 0 N–H and O–H groups in total. The molecule has 8 heteroatoms. The Balaban J connectivity index is 1.44. The SMILES string of the molecule is CCCCCCCCCCCCCCOc1c(C)cc(OP(=O)([O-])Oc2cccc(C[n+]3csc(C)c3)c2)c(C)c1C. The normalized spacial score (nSPS) is 12.7. The van der Waals surface area contributed by atoms with Crippen LogP contribution in [-0.4, -0.2) is 6.61 Å². The molecule has 0 spiro atoms. The number of rotatable bonds is 20. The topological polar surface area (TPSA) is 71.7 Å². The van der Waals surface area contributed by atoms with E-state index in [1.54, 1.807) is 35.6 Å². The average Bonchev–Trinajstić information content (AvgIpc) is 3.35. The van der Waals surface area contributed by atoms with Crippen molar-refractivity contribution < 1.29 is 27.8 Å². The van der Waals surface area contributed by atoms with Crippen molar-refractivity contribution >= 4 is 19.2 Å². The zero-order valence-corrected chi connectivity index (χ0v) is 28.0. The monoisotopic (exact) mass is 615 g/mol. The molecular formula is C34H50NO5PS. The summed E-state index contributed by atoms with van der Waals surface area (Å²) in [7, 11) is -4.66. The first-order valence-electron chi connectivity index (χ1n) is 15.7. The fraction of sp³-hybridized carbons (Fsp3) is 0.559. The predicted molar refractivity (Wildman–Crippen MR) is 171 cm³/mol. The van der Waals surface area contributed by atoms with Gasteiger partial charge in [-0.3, -0.25) is 0 Å². The number of benzene rings is 2. The number of phosphoric acid groups is 1. The van der Waals surface area contributed by atoms with E-state index in [1.165, 1.54) is 69.1 Å². The maximum atomic E-state index is 12.9. The molecule has 2 aromatic carbocycles. The van der Waals surface area contributed by atoms with Gasteiger partial charge < -0.3 is 18.7 Å². The molecule has 0 fully saturated rings. The number of hydrogen-bond acceptors (Lipinski definition) is 6. The molecule has 1 unspecified atom stereocenters. The quantitative estimate of drug-likeness (QED) is 0.0720. The standard InChI is InChI=1S/C34H50NO5PS/c1-6-7-8-9-10-11-12-13-14-15-16-17-21-38-34-27(2)22-33(29(4)30(34)5)40-41(36,37)39-32-20-18-19-31(23-32)25-35-24-28(3)42-26-35/h18-20,22-24,26H,6-17,21,25H2,1-5H3. The molecule has 6 nitrogen and oxygen atoms in total. The summed E-state index contributed by atoms with van der Waals surface area (Å²) in [5.41, 5.74) is 5.42. The van der Waals surface area contributed by atoms with Crippen molar-refractivity contribution in [2.24, 2.45) is 0 Å². The second-order valence-electron chi connectivity index (χ2n) is 11.4. The molecule has 42 heavy (non-hydrogen) atoms. The van der Waals surface area contributed by atoms with Crippen molar-refractivity contribution in [2.45, 2.75) is 118 Å². The van der Waals surface area contributed by atoms with E-state index in [9.17, 15) is 9.46 Å². The highest BCUT2D eigenvalue weighted by molar-refractivity contribution is 7.46. The summed E-state index contributed by atoms with van der Waals surface area (Å²) in [6, 6.07) is 8.80. The van der Waals surface area contributed by atoms with E-state index in [0.717, 1.165) is 40.8 Å². The highest BCUT2D eigenvalue weighted by Gasteiger charge is 2.19. The summed E-state index contributed by atoms with van der Waals surface area (Å²) in [4.78, 5) is 14.1. The van der Waals surface area contributed by atoms with Gasteiger partial charge >= 0.3 is 7.82 Å². The minimum Gasteiger partial charge on any atom is -0.736 e. The van der Waals surface area contributed by atoms with Crippen LogP contribution in [-0.2, 0) is 11.1 Å². The van der Waals surface area contributed by atoms with E-state index in [1.807, 2.05) is 32.3 Å². The van der Waals surface area contributed by atoms with Crippen LogP contribution in [0.4, 0.5) is 0 Å². The summed E-state index contributed by atoms with van der Waals surface area (Å²) in [6.45, 7) is 11.3. The maximum absolute atomic E-state index is 12.9. The molecule has 0 saturated carbocycles. The number of hydrogen-bond donors (Lipinski definition) is 0. The summed E-state index contributed by atoms with van der Waals surface area (Å²) in [5, 5.41) is 0. The van der Waals surface area contributed by atoms with Crippen LogP contribution in [0.25, 0.3) is 0 Å². The van der Waals surface area contributed by atoms with Gasteiger partial charge in [0, 0.05) is 5.56 Å².